The van der Waals surface area contributed by atoms with Gasteiger partial charge in [0.25, 0.3) is 0 Å². The van der Waals surface area contributed by atoms with E-state index in [9.17, 15) is 26.1 Å². The Morgan fingerprint density at radius 1 is 1.06 bits per heavy atom. The molecule has 0 aromatic heterocycles. The molecule has 0 aliphatic heterocycles. The predicted octanol–water partition coefficient (Wildman–Crippen LogP) is 3.47. The van der Waals surface area contributed by atoms with Crippen molar-refractivity contribution < 1.29 is 30.9 Å². The van der Waals surface area contributed by atoms with Gasteiger partial charge in [0.1, 0.15) is 5.75 Å². The Labute approximate surface area is 87.1 Å². The average molecular weight is 243 g/mol. The van der Waals surface area contributed by atoms with Crippen molar-refractivity contribution in [3.63, 3.8) is 0 Å². The number of rotatable bonds is 3. The molecular formula is C8H6BF6O-. The average Bonchev–Trinajstić information content (AvgIpc) is 2.12. The van der Waals surface area contributed by atoms with Gasteiger partial charge in [-0.2, -0.15) is 13.2 Å². The number of hydrogen-bond donors (Lipinski definition) is 0. The summed E-state index contributed by atoms with van der Waals surface area (Å²) in [7, 11) is 0. The molecule has 0 fully saturated rings. The molecule has 1 aromatic carbocycles. The minimum atomic E-state index is -5.27. The molecule has 0 amide bonds. The van der Waals surface area contributed by atoms with Crippen molar-refractivity contribution in [3.05, 3.63) is 29.8 Å². The van der Waals surface area contributed by atoms with Crippen LogP contribution < -0.4 is 4.74 Å². The van der Waals surface area contributed by atoms with E-state index in [2.05, 4.69) is 4.74 Å². The first kappa shape index (κ1) is 12.7. The minimum absolute atomic E-state index is 0.665. The summed E-state index contributed by atoms with van der Waals surface area (Å²) in [6, 6.07) is 3.77. The Morgan fingerprint density at radius 2 is 1.62 bits per heavy atom. The van der Waals surface area contributed by atoms with E-state index in [1.807, 2.05) is 0 Å². The molecule has 0 bridgehead atoms. The summed E-state index contributed by atoms with van der Waals surface area (Å²) < 4.78 is 76.5. The molecule has 0 heterocycles. The van der Waals surface area contributed by atoms with Gasteiger partial charge in [0.2, 0.25) is 0 Å². The van der Waals surface area contributed by atoms with Crippen LogP contribution in [0, 0.1) is 0 Å². The maximum absolute atomic E-state index is 12.3. The Balaban J connectivity index is 2.88. The van der Waals surface area contributed by atoms with Crippen LogP contribution >= 0.6 is 0 Å². The quantitative estimate of drug-likeness (QED) is 0.583. The number of halogens is 6. The van der Waals surface area contributed by atoms with E-state index in [0.717, 1.165) is 12.1 Å². The molecule has 90 valence electrons. The zero-order valence-corrected chi connectivity index (χ0v) is 7.77. The molecule has 0 aliphatic rings. The van der Waals surface area contributed by atoms with E-state index in [1.165, 1.54) is 6.07 Å². The molecule has 0 saturated heterocycles. The summed E-state index contributed by atoms with van der Waals surface area (Å²) in [6.07, 6.45) is -4.73. The molecule has 0 saturated carbocycles. The Morgan fingerprint density at radius 3 is 2.12 bits per heavy atom. The molecule has 16 heavy (non-hydrogen) atoms. The van der Waals surface area contributed by atoms with Crippen LogP contribution in [-0.4, -0.2) is 13.5 Å². The lowest BCUT2D eigenvalue weighted by Crippen LogP contribution is -2.26. The first-order chi connectivity index (χ1) is 7.20. The fourth-order valence-corrected chi connectivity index (χ4v) is 1.01. The third-order valence-electron chi connectivity index (χ3n) is 1.62. The van der Waals surface area contributed by atoms with E-state index in [0.29, 0.717) is 6.07 Å². The summed E-state index contributed by atoms with van der Waals surface area (Å²) >= 11 is 0. The van der Waals surface area contributed by atoms with Crippen molar-refractivity contribution in [1.29, 1.82) is 0 Å². The lowest BCUT2D eigenvalue weighted by Gasteiger charge is -2.18. The lowest BCUT2D eigenvalue weighted by atomic mass is 9.95. The molecular weight excluding hydrogens is 237 g/mol. The normalized spacial score (nSPS) is 12.6. The molecule has 0 N–H and O–H groups in total. The van der Waals surface area contributed by atoms with Crippen molar-refractivity contribution in [2.24, 2.45) is 0 Å². The summed E-state index contributed by atoms with van der Waals surface area (Å²) in [5, 5.41) is 0. The Kier molecular flexibility index (Phi) is 3.40. The molecule has 8 heteroatoms. The smallest absolute Gasteiger partial charge is 0.515 e. The van der Waals surface area contributed by atoms with Gasteiger partial charge < -0.3 is 17.7 Å². The first-order valence-corrected chi connectivity index (χ1v) is 4.20. The third-order valence-corrected chi connectivity index (χ3v) is 1.62. The van der Waals surface area contributed by atoms with Gasteiger partial charge in [-0.15, -0.1) is 0 Å². The number of para-hydroxylation sites is 1. The maximum Gasteiger partial charge on any atom is 0.515 e. The van der Waals surface area contributed by atoms with E-state index in [4.69, 9.17) is 0 Å². The third kappa shape index (κ3) is 3.67. The van der Waals surface area contributed by atoms with E-state index >= 15 is 0 Å². The largest absolute Gasteiger partial charge is 0.521 e. The number of benzene rings is 1. The zero-order valence-electron chi connectivity index (χ0n) is 7.77. The molecule has 1 aromatic rings. The maximum atomic E-state index is 12.3. The van der Waals surface area contributed by atoms with Crippen molar-refractivity contribution in [3.8, 4) is 5.75 Å². The SMILES string of the molecule is F[B-](F)(F)COc1ccccc1C(F)(F)F. The highest BCUT2D eigenvalue weighted by molar-refractivity contribution is 6.58. The van der Waals surface area contributed by atoms with Crippen LogP contribution in [-0.2, 0) is 6.18 Å². The highest BCUT2D eigenvalue weighted by Gasteiger charge is 2.34. The van der Waals surface area contributed by atoms with Crippen molar-refractivity contribution in [2.75, 3.05) is 6.51 Å². The molecule has 0 radical (unpaired) electrons. The van der Waals surface area contributed by atoms with Crippen molar-refractivity contribution in [1.82, 2.24) is 0 Å². The van der Waals surface area contributed by atoms with Crippen molar-refractivity contribution >= 4 is 6.98 Å². The molecule has 1 nitrogen and oxygen atoms in total. The molecule has 0 aliphatic carbocycles. The second-order valence-electron chi connectivity index (χ2n) is 3.02. The van der Waals surface area contributed by atoms with Gasteiger partial charge in [0.15, 0.2) is 0 Å². The summed E-state index contributed by atoms with van der Waals surface area (Å²) in [6.45, 7) is -6.96. The minimum Gasteiger partial charge on any atom is -0.521 e. The lowest BCUT2D eigenvalue weighted by molar-refractivity contribution is -0.138. The van der Waals surface area contributed by atoms with Crippen molar-refractivity contribution in [2.45, 2.75) is 6.18 Å². The predicted molar refractivity (Wildman–Crippen MR) is 46.0 cm³/mol. The van der Waals surface area contributed by atoms with Crippen LogP contribution in [0.1, 0.15) is 5.56 Å². The van der Waals surface area contributed by atoms with Gasteiger partial charge >= 0.3 is 13.2 Å². The van der Waals surface area contributed by atoms with Crippen LogP contribution in [0.25, 0.3) is 0 Å². The van der Waals surface area contributed by atoms with Crippen LogP contribution in [0.15, 0.2) is 24.3 Å². The van der Waals surface area contributed by atoms with Crippen LogP contribution in [0.3, 0.4) is 0 Å². The Bertz CT molecular complexity index is 358. The summed E-state index contributed by atoms with van der Waals surface area (Å²) in [4.78, 5) is 0. The summed E-state index contributed by atoms with van der Waals surface area (Å²) in [5.41, 5.74) is -1.21. The van der Waals surface area contributed by atoms with Gasteiger partial charge in [0, 0.05) is 0 Å². The van der Waals surface area contributed by atoms with Crippen LogP contribution in [0.2, 0.25) is 0 Å². The first-order valence-electron chi connectivity index (χ1n) is 4.20. The van der Waals surface area contributed by atoms with Gasteiger partial charge in [-0.25, -0.2) is 0 Å². The van der Waals surface area contributed by atoms with Gasteiger partial charge in [0.05, 0.1) is 12.1 Å². The number of hydrogen-bond acceptors (Lipinski definition) is 1. The highest BCUT2D eigenvalue weighted by atomic mass is 19.4. The van der Waals surface area contributed by atoms with Gasteiger partial charge in [-0.05, 0) is 12.1 Å². The number of ether oxygens (including phenoxy) is 1. The van der Waals surface area contributed by atoms with Gasteiger partial charge in [-0.3, -0.25) is 0 Å². The van der Waals surface area contributed by atoms with E-state index in [-0.39, 0.29) is 0 Å². The highest BCUT2D eigenvalue weighted by Crippen LogP contribution is 2.36. The van der Waals surface area contributed by atoms with E-state index < -0.39 is 31.0 Å². The van der Waals surface area contributed by atoms with Crippen LogP contribution in [0.5, 0.6) is 5.75 Å². The monoisotopic (exact) mass is 243 g/mol. The molecule has 1 rings (SSSR count). The van der Waals surface area contributed by atoms with E-state index in [1.54, 1.807) is 0 Å². The Hall–Kier alpha value is -1.34. The van der Waals surface area contributed by atoms with Crippen LogP contribution in [0.4, 0.5) is 26.1 Å². The van der Waals surface area contributed by atoms with Gasteiger partial charge in [-0.1, -0.05) is 12.1 Å². The topological polar surface area (TPSA) is 9.23 Å². The zero-order chi connectivity index (χ0) is 12.4. The molecule has 0 spiro atoms. The number of alkyl halides is 3. The second kappa shape index (κ2) is 4.27. The molecule has 0 atom stereocenters. The fourth-order valence-electron chi connectivity index (χ4n) is 1.01. The summed E-state index contributed by atoms with van der Waals surface area (Å²) in [5.74, 6) is -0.811. The standard InChI is InChI=1S/C8H6BF6O/c10-8(11,12)6-3-1-2-4-7(6)16-5-9(13,14)15/h1-4H,5H2/q-1. The second-order valence-corrected chi connectivity index (χ2v) is 3.02. The molecule has 0 unspecified atom stereocenters. The fraction of sp³-hybridized carbons (Fsp3) is 0.250.